The van der Waals surface area contributed by atoms with Crippen LogP contribution in [0.5, 0.6) is 0 Å². The van der Waals surface area contributed by atoms with Crippen molar-refractivity contribution in [3.63, 3.8) is 0 Å². The number of rotatable bonds is 2. The van der Waals surface area contributed by atoms with Gasteiger partial charge in [-0.3, -0.25) is 4.68 Å². The summed E-state index contributed by atoms with van der Waals surface area (Å²) in [5, 5.41) is 5.34. The molecule has 0 N–H and O–H groups in total. The summed E-state index contributed by atoms with van der Waals surface area (Å²) in [5.74, 6) is -0.205. The molecule has 0 saturated carbocycles. The summed E-state index contributed by atoms with van der Waals surface area (Å²) in [7, 11) is 0. The molecular formula is C11H12FIN2. The Morgan fingerprint density at radius 1 is 1.53 bits per heavy atom. The fourth-order valence-electron chi connectivity index (χ4n) is 1.58. The van der Waals surface area contributed by atoms with Gasteiger partial charge in [0.15, 0.2) is 0 Å². The van der Waals surface area contributed by atoms with Crippen molar-refractivity contribution in [3.05, 3.63) is 27.7 Å². The van der Waals surface area contributed by atoms with E-state index < -0.39 is 0 Å². The van der Waals surface area contributed by atoms with Gasteiger partial charge in [0, 0.05) is 11.4 Å². The molecule has 0 saturated heterocycles. The summed E-state index contributed by atoms with van der Waals surface area (Å²) in [6, 6.07) is 5.18. The van der Waals surface area contributed by atoms with Gasteiger partial charge >= 0.3 is 0 Å². The van der Waals surface area contributed by atoms with Gasteiger partial charge < -0.3 is 0 Å². The van der Waals surface area contributed by atoms with E-state index in [-0.39, 0.29) is 5.82 Å². The second-order valence-electron chi connectivity index (χ2n) is 3.65. The van der Waals surface area contributed by atoms with Crippen LogP contribution in [0.1, 0.15) is 26.3 Å². The van der Waals surface area contributed by atoms with Gasteiger partial charge in [0.25, 0.3) is 0 Å². The van der Waals surface area contributed by atoms with E-state index in [0.29, 0.717) is 6.04 Å². The van der Waals surface area contributed by atoms with Gasteiger partial charge in [-0.15, -0.1) is 0 Å². The molecule has 1 heterocycles. The summed E-state index contributed by atoms with van der Waals surface area (Å²) in [6.45, 7) is 4.24. The first-order valence-corrected chi connectivity index (χ1v) is 6.04. The van der Waals surface area contributed by atoms with Gasteiger partial charge in [0.1, 0.15) is 9.52 Å². The summed E-state index contributed by atoms with van der Waals surface area (Å²) in [5.41, 5.74) is 1.01. The van der Waals surface area contributed by atoms with Crippen LogP contribution in [0.3, 0.4) is 0 Å². The maximum Gasteiger partial charge on any atom is 0.131 e. The Kier molecular flexibility index (Phi) is 2.95. The highest BCUT2D eigenvalue weighted by molar-refractivity contribution is 14.1. The van der Waals surface area contributed by atoms with Crippen LogP contribution in [0.4, 0.5) is 4.39 Å². The highest BCUT2D eigenvalue weighted by Gasteiger charge is 2.12. The van der Waals surface area contributed by atoms with E-state index in [2.05, 4.69) is 41.5 Å². The molecular weight excluding hydrogens is 306 g/mol. The first-order chi connectivity index (χ1) is 7.13. The van der Waals surface area contributed by atoms with E-state index in [4.69, 9.17) is 0 Å². The Labute approximate surface area is 102 Å². The zero-order chi connectivity index (χ0) is 11.0. The van der Waals surface area contributed by atoms with Crippen molar-refractivity contribution in [2.24, 2.45) is 0 Å². The van der Waals surface area contributed by atoms with Crippen LogP contribution in [0, 0.1) is 9.52 Å². The van der Waals surface area contributed by atoms with Crippen LogP contribution in [0.2, 0.25) is 0 Å². The number of halogens is 2. The third kappa shape index (κ3) is 1.87. The fraction of sp³-hybridized carbons (Fsp3) is 0.364. The Morgan fingerprint density at radius 2 is 2.27 bits per heavy atom. The molecule has 0 unspecified atom stereocenters. The summed E-state index contributed by atoms with van der Waals surface area (Å²) in [6.07, 6.45) is 1.02. The maximum absolute atomic E-state index is 13.1. The van der Waals surface area contributed by atoms with Crippen LogP contribution in [-0.2, 0) is 0 Å². The number of hydrogen-bond acceptors (Lipinski definition) is 1. The number of nitrogens with zero attached hydrogens (tertiary/aromatic N) is 2. The van der Waals surface area contributed by atoms with Crippen LogP contribution in [0.15, 0.2) is 18.2 Å². The predicted molar refractivity (Wildman–Crippen MR) is 67.4 cm³/mol. The molecule has 1 aromatic heterocycles. The van der Waals surface area contributed by atoms with E-state index >= 15 is 0 Å². The van der Waals surface area contributed by atoms with Crippen molar-refractivity contribution < 1.29 is 4.39 Å². The quantitative estimate of drug-likeness (QED) is 0.771. The van der Waals surface area contributed by atoms with Crippen molar-refractivity contribution in [1.82, 2.24) is 9.78 Å². The smallest absolute Gasteiger partial charge is 0.131 e. The molecule has 2 aromatic rings. The highest BCUT2D eigenvalue weighted by Crippen LogP contribution is 2.24. The number of fused-ring (bicyclic) bond motifs is 1. The van der Waals surface area contributed by atoms with Crippen molar-refractivity contribution in [2.45, 2.75) is 26.3 Å². The Bertz CT molecular complexity index is 493. The van der Waals surface area contributed by atoms with E-state index in [0.717, 1.165) is 21.0 Å². The van der Waals surface area contributed by atoms with E-state index in [1.165, 1.54) is 6.07 Å². The van der Waals surface area contributed by atoms with Crippen LogP contribution in [-0.4, -0.2) is 9.78 Å². The van der Waals surface area contributed by atoms with Crippen molar-refractivity contribution in [2.75, 3.05) is 0 Å². The summed E-state index contributed by atoms with van der Waals surface area (Å²) >= 11 is 2.15. The van der Waals surface area contributed by atoms with Gasteiger partial charge in [-0.25, -0.2) is 4.39 Å². The molecule has 2 rings (SSSR count). The number of aromatic nitrogens is 2. The zero-order valence-corrected chi connectivity index (χ0v) is 10.8. The average Bonchev–Trinajstić information content (AvgIpc) is 2.55. The number of hydrogen-bond donors (Lipinski definition) is 0. The Morgan fingerprint density at radius 3 is 2.93 bits per heavy atom. The molecule has 1 aromatic carbocycles. The standard InChI is InChI=1S/C11H12FIN2/c1-3-7(2)15-10-5-4-8(12)6-9(10)11(13)14-15/h4-7H,3H2,1-2H3/t7-/m1/s1. The summed E-state index contributed by atoms with van der Waals surface area (Å²) < 4.78 is 15.9. The molecule has 0 fully saturated rings. The minimum Gasteiger partial charge on any atom is -0.261 e. The first kappa shape index (κ1) is 10.9. The third-order valence-corrected chi connectivity index (χ3v) is 3.43. The van der Waals surface area contributed by atoms with Crippen molar-refractivity contribution in [3.8, 4) is 0 Å². The van der Waals surface area contributed by atoms with Gasteiger partial charge in [-0.1, -0.05) is 6.92 Å². The molecule has 0 bridgehead atoms. The lowest BCUT2D eigenvalue weighted by Gasteiger charge is -2.10. The Hall–Kier alpha value is -0.650. The molecule has 0 aliphatic rings. The molecule has 0 radical (unpaired) electrons. The predicted octanol–water partition coefficient (Wildman–Crippen LogP) is 3.75. The lowest BCUT2D eigenvalue weighted by Crippen LogP contribution is -2.05. The lowest BCUT2D eigenvalue weighted by molar-refractivity contribution is 0.490. The normalized spacial score (nSPS) is 13.3. The molecule has 1 atom stereocenters. The molecule has 0 spiro atoms. The monoisotopic (exact) mass is 318 g/mol. The summed E-state index contributed by atoms with van der Waals surface area (Å²) in [4.78, 5) is 0. The lowest BCUT2D eigenvalue weighted by atomic mass is 10.2. The Balaban J connectivity index is 2.68. The number of benzene rings is 1. The molecule has 15 heavy (non-hydrogen) atoms. The molecule has 4 heteroatoms. The van der Waals surface area contributed by atoms with Gasteiger partial charge in [0.05, 0.1) is 5.52 Å². The van der Waals surface area contributed by atoms with Crippen molar-refractivity contribution >= 4 is 33.5 Å². The molecule has 0 aliphatic carbocycles. The SMILES string of the molecule is CC[C@@H](C)n1nc(I)c2cc(F)ccc21. The minimum absolute atomic E-state index is 0.205. The molecule has 0 amide bonds. The van der Waals surface area contributed by atoms with E-state index in [9.17, 15) is 4.39 Å². The molecule has 2 nitrogen and oxygen atoms in total. The van der Waals surface area contributed by atoms with Crippen LogP contribution < -0.4 is 0 Å². The second-order valence-corrected chi connectivity index (χ2v) is 4.68. The van der Waals surface area contributed by atoms with Gasteiger partial charge in [0.2, 0.25) is 0 Å². The minimum atomic E-state index is -0.205. The van der Waals surface area contributed by atoms with E-state index in [1.807, 2.05) is 4.68 Å². The average molecular weight is 318 g/mol. The van der Waals surface area contributed by atoms with Gasteiger partial charge in [-0.2, -0.15) is 5.10 Å². The van der Waals surface area contributed by atoms with Crippen molar-refractivity contribution in [1.29, 1.82) is 0 Å². The third-order valence-electron chi connectivity index (χ3n) is 2.63. The largest absolute Gasteiger partial charge is 0.261 e. The maximum atomic E-state index is 13.1. The van der Waals surface area contributed by atoms with Crippen LogP contribution in [0.25, 0.3) is 10.9 Å². The van der Waals surface area contributed by atoms with Crippen LogP contribution >= 0.6 is 22.6 Å². The van der Waals surface area contributed by atoms with Gasteiger partial charge in [-0.05, 0) is 54.1 Å². The molecule has 80 valence electrons. The van der Waals surface area contributed by atoms with E-state index in [1.54, 1.807) is 12.1 Å². The zero-order valence-electron chi connectivity index (χ0n) is 8.67. The first-order valence-electron chi connectivity index (χ1n) is 4.96. The highest BCUT2D eigenvalue weighted by atomic mass is 127. The molecule has 0 aliphatic heterocycles. The topological polar surface area (TPSA) is 17.8 Å². The fourth-order valence-corrected chi connectivity index (χ4v) is 2.25. The second kappa shape index (κ2) is 4.08.